The molecule has 2 fully saturated rings. The average Bonchev–Trinajstić information content (AvgIpc) is 3.00. The van der Waals surface area contributed by atoms with E-state index in [2.05, 4.69) is 17.1 Å². The number of amides is 1. The molecular weight excluding hydrogens is 352 g/mol. The molecule has 0 saturated carbocycles. The van der Waals surface area contributed by atoms with Gasteiger partial charge in [-0.3, -0.25) is 9.89 Å². The van der Waals surface area contributed by atoms with Crippen molar-refractivity contribution in [1.29, 1.82) is 0 Å². The van der Waals surface area contributed by atoms with Crippen LogP contribution in [0.2, 0.25) is 0 Å². The normalized spacial score (nSPS) is 25.4. The van der Waals surface area contributed by atoms with Gasteiger partial charge in [0.2, 0.25) is 15.9 Å². The third-order valence-electron chi connectivity index (χ3n) is 5.77. The van der Waals surface area contributed by atoms with Gasteiger partial charge in [0.1, 0.15) is 4.90 Å². The van der Waals surface area contributed by atoms with Crippen molar-refractivity contribution >= 4 is 15.9 Å². The Morgan fingerprint density at radius 3 is 2.62 bits per heavy atom. The Morgan fingerprint density at radius 1 is 1.19 bits per heavy atom. The molecule has 0 radical (unpaired) electrons. The highest BCUT2D eigenvalue weighted by Gasteiger charge is 2.38. The van der Waals surface area contributed by atoms with E-state index in [0.29, 0.717) is 24.0 Å². The first kappa shape index (κ1) is 19.4. The second kappa shape index (κ2) is 7.68. The van der Waals surface area contributed by atoms with Crippen molar-refractivity contribution in [2.24, 2.45) is 5.92 Å². The number of carbonyl (C=O) groups excluding carboxylic acids is 1. The highest BCUT2D eigenvalue weighted by molar-refractivity contribution is 7.89. The predicted molar refractivity (Wildman–Crippen MR) is 99.2 cm³/mol. The van der Waals surface area contributed by atoms with Gasteiger partial charge in [-0.15, -0.1) is 0 Å². The second-order valence-electron chi connectivity index (χ2n) is 7.55. The number of nitrogens with zero attached hydrogens (tertiary/aromatic N) is 3. The first-order valence-electron chi connectivity index (χ1n) is 9.68. The molecule has 2 atom stereocenters. The van der Waals surface area contributed by atoms with Crippen LogP contribution in [-0.2, 0) is 14.8 Å². The van der Waals surface area contributed by atoms with Crippen LogP contribution in [0.3, 0.4) is 0 Å². The number of aryl methyl sites for hydroxylation is 2. The quantitative estimate of drug-likeness (QED) is 0.865. The van der Waals surface area contributed by atoms with Gasteiger partial charge in [0.05, 0.1) is 17.3 Å². The zero-order chi connectivity index (χ0) is 18.9. The fraction of sp³-hybridized carbons (Fsp3) is 0.778. The van der Waals surface area contributed by atoms with E-state index < -0.39 is 10.0 Å². The number of likely N-dealkylation sites (tertiary alicyclic amines) is 1. The van der Waals surface area contributed by atoms with Crippen LogP contribution < -0.4 is 0 Å². The van der Waals surface area contributed by atoms with Crippen LogP contribution in [0.25, 0.3) is 0 Å². The van der Waals surface area contributed by atoms with Crippen LogP contribution in [0.4, 0.5) is 0 Å². The summed E-state index contributed by atoms with van der Waals surface area (Å²) in [6.45, 7) is 7.09. The summed E-state index contributed by atoms with van der Waals surface area (Å²) >= 11 is 0. The lowest BCUT2D eigenvalue weighted by Crippen LogP contribution is -2.51. The third-order valence-corrected chi connectivity index (χ3v) is 7.90. The Kier molecular flexibility index (Phi) is 5.72. The van der Waals surface area contributed by atoms with Crippen molar-refractivity contribution in [3.05, 3.63) is 11.4 Å². The molecule has 26 heavy (non-hydrogen) atoms. The van der Waals surface area contributed by atoms with Gasteiger partial charge in [-0.1, -0.05) is 6.92 Å². The van der Waals surface area contributed by atoms with Crippen molar-refractivity contribution in [3.63, 3.8) is 0 Å². The van der Waals surface area contributed by atoms with E-state index in [1.165, 1.54) is 10.7 Å². The maximum absolute atomic E-state index is 13.1. The monoisotopic (exact) mass is 382 g/mol. The van der Waals surface area contributed by atoms with E-state index in [9.17, 15) is 13.2 Å². The van der Waals surface area contributed by atoms with Gasteiger partial charge < -0.3 is 4.90 Å². The smallest absolute Gasteiger partial charge is 0.246 e. The fourth-order valence-corrected chi connectivity index (χ4v) is 6.22. The van der Waals surface area contributed by atoms with E-state index in [0.717, 1.165) is 38.6 Å². The molecule has 8 heteroatoms. The first-order chi connectivity index (χ1) is 12.4. The fourth-order valence-electron chi connectivity index (χ4n) is 4.36. The maximum atomic E-state index is 13.1. The van der Waals surface area contributed by atoms with E-state index in [1.54, 1.807) is 13.8 Å². The van der Waals surface area contributed by atoms with Crippen LogP contribution >= 0.6 is 0 Å². The van der Waals surface area contributed by atoms with Crippen molar-refractivity contribution in [2.75, 3.05) is 19.6 Å². The van der Waals surface area contributed by atoms with Crippen LogP contribution in [0.5, 0.6) is 0 Å². The summed E-state index contributed by atoms with van der Waals surface area (Å²) in [5.41, 5.74) is 1.04. The molecule has 0 bridgehead atoms. The number of sulfonamides is 1. The van der Waals surface area contributed by atoms with Crippen molar-refractivity contribution < 1.29 is 13.2 Å². The number of carbonyl (C=O) groups is 1. The Balaban J connectivity index is 1.78. The number of nitrogens with one attached hydrogen (secondary N) is 1. The minimum atomic E-state index is -3.63. The lowest BCUT2D eigenvalue weighted by Gasteiger charge is -2.40. The average molecular weight is 383 g/mol. The van der Waals surface area contributed by atoms with Crippen LogP contribution in [0.1, 0.15) is 56.8 Å². The Labute approximate surface area is 156 Å². The molecule has 0 aliphatic carbocycles. The standard InChI is InChI=1S/C18H30N4O3S/c1-4-16-9-5-6-11-22(16)18(23)15-8-7-10-21(12-15)26(24,25)17-13(2)19-20-14(17)3/h15-16H,4-12H2,1-3H3,(H,19,20). The first-order valence-corrected chi connectivity index (χ1v) is 11.1. The molecule has 1 amide bonds. The van der Waals surface area contributed by atoms with Crippen LogP contribution in [-0.4, -0.2) is 59.4 Å². The molecule has 2 aliphatic rings. The Bertz CT molecular complexity index is 739. The molecule has 2 unspecified atom stereocenters. The van der Waals surface area contributed by atoms with Gasteiger partial charge in [-0.25, -0.2) is 8.42 Å². The summed E-state index contributed by atoms with van der Waals surface area (Å²) in [4.78, 5) is 15.4. The molecule has 7 nitrogen and oxygen atoms in total. The molecule has 1 aromatic rings. The number of H-pyrrole nitrogens is 1. The number of hydrogen-bond acceptors (Lipinski definition) is 4. The molecule has 0 spiro atoms. The summed E-state index contributed by atoms with van der Waals surface area (Å²) in [5, 5.41) is 6.77. The molecular formula is C18H30N4O3S. The number of piperidine rings is 2. The van der Waals surface area contributed by atoms with Gasteiger partial charge in [-0.2, -0.15) is 9.40 Å². The van der Waals surface area contributed by atoms with Crippen LogP contribution in [0, 0.1) is 19.8 Å². The lowest BCUT2D eigenvalue weighted by molar-refractivity contribution is -0.140. The SMILES string of the molecule is CCC1CCCCN1C(=O)C1CCCN(S(=O)(=O)c2c(C)n[nH]c2C)C1. The van der Waals surface area contributed by atoms with Gasteiger partial charge >= 0.3 is 0 Å². The Morgan fingerprint density at radius 2 is 1.96 bits per heavy atom. The van der Waals surface area contributed by atoms with Crippen molar-refractivity contribution in [2.45, 2.75) is 70.2 Å². The second-order valence-corrected chi connectivity index (χ2v) is 9.43. The summed E-state index contributed by atoms with van der Waals surface area (Å²) in [6.07, 6.45) is 5.73. The van der Waals surface area contributed by atoms with E-state index >= 15 is 0 Å². The summed E-state index contributed by atoms with van der Waals surface area (Å²) in [5.74, 6) is -0.102. The molecule has 146 valence electrons. The molecule has 2 aliphatic heterocycles. The van der Waals surface area contributed by atoms with E-state index in [4.69, 9.17) is 0 Å². The van der Waals surface area contributed by atoms with Gasteiger partial charge in [0.15, 0.2) is 0 Å². The van der Waals surface area contributed by atoms with Gasteiger partial charge in [0, 0.05) is 25.7 Å². The number of aromatic amines is 1. The highest BCUT2D eigenvalue weighted by atomic mass is 32.2. The predicted octanol–water partition coefficient (Wildman–Crippen LogP) is 2.22. The zero-order valence-corrected chi connectivity index (χ0v) is 16.8. The molecule has 3 heterocycles. The van der Waals surface area contributed by atoms with Crippen LogP contribution in [0.15, 0.2) is 4.90 Å². The van der Waals surface area contributed by atoms with E-state index in [-0.39, 0.29) is 23.3 Å². The lowest BCUT2D eigenvalue weighted by atomic mass is 9.93. The van der Waals surface area contributed by atoms with Crippen molar-refractivity contribution in [3.8, 4) is 0 Å². The minimum absolute atomic E-state index is 0.136. The summed E-state index contributed by atoms with van der Waals surface area (Å²) in [6, 6.07) is 0.307. The molecule has 1 N–H and O–H groups in total. The molecule has 3 rings (SSSR count). The molecule has 1 aromatic heterocycles. The number of aromatic nitrogens is 2. The van der Waals surface area contributed by atoms with E-state index in [1.807, 2.05) is 4.90 Å². The van der Waals surface area contributed by atoms with Gasteiger partial charge in [-0.05, 0) is 52.4 Å². The minimum Gasteiger partial charge on any atom is -0.339 e. The molecule has 2 saturated heterocycles. The van der Waals surface area contributed by atoms with Gasteiger partial charge in [0.25, 0.3) is 0 Å². The Hall–Kier alpha value is -1.41. The maximum Gasteiger partial charge on any atom is 0.246 e. The highest BCUT2D eigenvalue weighted by Crippen LogP contribution is 2.29. The summed E-state index contributed by atoms with van der Waals surface area (Å²) < 4.78 is 27.7. The third kappa shape index (κ3) is 3.53. The molecule has 0 aromatic carbocycles. The number of hydrogen-bond donors (Lipinski definition) is 1. The zero-order valence-electron chi connectivity index (χ0n) is 16.0. The summed E-state index contributed by atoms with van der Waals surface area (Å²) in [7, 11) is -3.63. The van der Waals surface area contributed by atoms with Crippen molar-refractivity contribution in [1.82, 2.24) is 19.4 Å². The largest absolute Gasteiger partial charge is 0.339 e. The number of rotatable bonds is 4. The topological polar surface area (TPSA) is 86.4 Å².